The molecule has 0 aliphatic heterocycles. The normalized spacial score (nSPS) is 12.5. The van der Waals surface area contributed by atoms with Crippen LogP contribution in [0.15, 0.2) is 24.3 Å². The van der Waals surface area contributed by atoms with E-state index in [2.05, 4.69) is 6.08 Å². The second kappa shape index (κ2) is 6.46. The first-order chi connectivity index (χ1) is 6.12. The molecular weight excluding hydrogens is 164 g/mol. The Hall–Kier alpha value is -1.05. The molecule has 0 aromatic carbocycles. The van der Waals surface area contributed by atoms with E-state index in [1.54, 1.807) is 0 Å². The molecule has 0 unspecified atom stereocenters. The maximum absolute atomic E-state index is 10.1. The van der Waals surface area contributed by atoms with Gasteiger partial charge >= 0.3 is 0 Å². The zero-order chi connectivity index (χ0) is 10.2. The summed E-state index contributed by atoms with van der Waals surface area (Å²) in [7, 11) is 0. The van der Waals surface area contributed by atoms with Crippen molar-refractivity contribution in [3.63, 3.8) is 0 Å². The van der Waals surface area contributed by atoms with Crippen LogP contribution in [0.5, 0.6) is 0 Å². The number of carbonyl (C=O) groups excluding carboxylic acids is 1. The summed E-state index contributed by atoms with van der Waals surface area (Å²) in [5, 5.41) is 0. The van der Waals surface area contributed by atoms with Crippen LogP contribution in [0.1, 0.15) is 33.6 Å². The molecule has 0 saturated heterocycles. The van der Waals surface area contributed by atoms with Crippen molar-refractivity contribution in [1.29, 1.82) is 0 Å². The van der Waals surface area contributed by atoms with Crippen LogP contribution in [0.2, 0.25) is 0 Å². The summed E-state index contributed by atoms with van der Waals surface area (Å²) < 4.78 is 4.85. The van der Waals surface area contributed by atoms with Gasteiger partial charge in [0.05, 0.1) is 0 Å². The quantitative estimate of drug-likeness (QED) is 0.358. The van der Waals surface area contributed by atoms with Crippen LogP contribution in [-0.4, -0.2) is 12.1 Å². The fourth-order valence-electron chi connectivity index (χ4n) is 0.890. The fraction of sp³-hybridized carbons (Fsp3) is 0.545. The number of hydrogen-bond acceptors (Lipinski definition) is 2. The average Bonchev–Trinajstić information content (AvgIpc) is 2.04. The zero-order valence-corrected chi connectivity index (χ0v) is 8.62. The average molecular weight is 182 g/mol. The van der Waals surface area contributed by atoms with E-state index in [1.807, 2.05) is 39.0 Å². The molecule has 0 atom stereocenters. The van der Waals surface area contributed by atoms with Crippen LogP contribution in [0.25, 0.3) is 0 Å². The molecule has 0 aliphatic rings. The van der Waals surface area contributed by atoms with Gasteiger partial charge in [-0.05, 0) is 39.7 Å². The standard InChI is InChI=1S/C11H18O2/c1-4-5-6-7-8-9-11(2,3)13-10-12/h4-5,8-10H,6-7H2,1-3H3. The van der Waals surface area contributed by atoms with E-state index in [0.29, 0.717) is 6.47 Å². The smallest absolute Gasteiger partial charge is 0.293 e. The van der Waals surface area contributed by atoms with E-state index in [9.17, 15) is 4.79 Å². The minimum Gasteiger partial charge on any atom is -0.458 e. The number of carbonyl (C=O) groups is 1. The summed E-state index contributed by atoms with van der Waals surface area (Å²) in [6.07, 6.45) is 10.1. The molecule has 0 rings (SSSR count). The highest BCUT2D eigenvalue weighted by atomic mass is 16.5. The van der Waals surface area contributed by atoms with Crippen molar-refractivity contribution >= 4 is 6.47 Å². The molecule has 0 radical (unpaired) electrons. The third-order valence-electron chi connectivity index (χ3n) is 1.61. The van der Waals surface area contributed by atoms with Crippen molar-refractivity contribution in [1.82, 2.24) is 0 Å². The number of unbranched alkanes of at least 4 members (excludes halogenated alkanes) is 1. The maximum Gasteiger partial charge on any atom is 0.293 e. The zero-order valence-electron chi connectivity index (χ0n) is 8.62. The van der Waals surface area contributed by atoms with E-state index in [1.165, 1.54) is 0 Å². The monoisotopic (exact) mass is 182 g/mol. The molecule has 0 aromatic heterocycles. The van der Waals surface area contributed by atoms with E-state index in [-0.39, 0.29) is 0 Å². The fourth-order valence-corrected chi connectivity index (χ4v) is 0.890. The Kier molecular flexibility index (Phi) is 5.94. The van der Waals surface area contributed by atoms with Crippen molar-refractivity contribution in [2.45, 2.75) is 39.2 Å². The molecule has 0 spiro atoms. The Balaban J connectivity index is 3.74. The van der Waals surface area contributed by atoms with Crippen LogP contribution in [0.4, 0.5) is 0 Å². The SMILES string of the molecule is CC=CCCC=CC(C)(C)OC=O. The number of rotatable bonds is 6. The molecule has 0 fully saturated rings. The van der Waals surface area contributed by atoms with Gasteiger partial charge in [-0.25, -0.2) is 0 Å². The van der Waals surface area contributed by atoms with Gasteiger partial charge < -0.3 is 4.74 Å². The molecule has 13 heavy (non-hydrogen) atoms. The Morgan fingerprint density at radius 3 is 2.38 bits per heavy atom. The van der Waals surface area contributed by atoms with Gasteiger partial charge in [-0.15, -0.1) is 0 Å². The Morgan fingerprint density at radius 1 is 1.23 bits per heavy atom. The Labute approximate surface area is 80.3 Å². The molecule has 2 nitrogen and oxygen atoms in total. The number of ether oxygens (including phenoxy) is 1. The van der Waals surface area contributed by atoms with Gasteiger partial charge in [0.2, 0.25) is 0 Å². The topological polar surface area (TPSA) is 26.3 Å². The first-order valence-corrected chi connectivity index (χ1v) is 4.52. The third kappa shape index (κ3) is 7.32. The molecule has 0 saturated carbocycles. The summed E-state index contributed by atoms with van der Waals surface area (Å²) in [5.41, 5.74) is -0.475. The Bertz CT molecular complexity index is 190. The van der Waals surface area contributed by atoms with Crippen LogP contribution in [0, 0.1) is 0 Å². The molecule has 0 amide bonds. The van der Waals surface area contributed by atoms with Crippen molar-refractivity contribution in [3.8, 4) is 0 Å². The van der Waals surface area contributed by atoms with Gasteiger partial charge in [0.25, 0.3) is 6.47 Å². The lowest BCUT2D eigenvalue weighted by Gasteiger charge is -2.17. The van der Waals surface area contributed by atoms with Crippen molar-refractivity contribution in [3.05, 3.63) is 24.3 Å². The van der Waals surface area contributed by atoms with Crippen molar-refractivity contribution in [2.24, 2.45) is 0 Å². The van der Waals surface area contributed by atoms with E-state index >= 15 is 0 Å². The first-order valence-electron chi connectivity index (χ1n) is 4.52. The number of allylic oxidation sites excluding steroid dienone is 3. The minimum atomic E-state index is -0.475. The van der Waals surface area contributed by atoms with Crippen LogP contribution in [0.3, 0.4) is 0 Å². The Morgan fingerprint density at radius 2 is 1.85 bits per heavy atom. The lowest BCUT2D eigenvalue weighted by Crippen LogP contribution is -2.19. The predicted molar refractivity (Wildman–Crippen MR) is 54.4 cm³/mol. The highest BCUT2D eigenvalue weighted by Crippen LogP contribution is 2.10. The first kappa shape index (κ1) is 11.9. The van der Waals surface area contributed by atoms with Gasteiger partial charge in [0.15, 0.2) is 0 Å². The summed E-state index contributed by atoms with van der Waals surface area (Å²) in [5.74, 6) is 0. The summed E-state index contributed by atoms with van der Waals surface area (Å²) in [4.78, 5) is 10.1. The van der Waals surface area contributed by atoms with E-state index in [0.717, 1.165) is 12.8 Å². The van der Waals surface area contributed by atoms with E-state index in [4.69, 9.17) is 4.74 Å². The molecule has 0 N–H and O–H groups in total. The van der Waals surface area contributed by atoms with Gasteiger partial charge in [-0.1, -0.05) is 18.2 Å². The summed E-state index contributed by atoms with van der Waals surface area (Å²) in [6, 6.07) is 0. The minimum absolute atomic E-state index is 0.475. The third-order valence-corrected chi connectivity index (χ3v) is 1.61. The van der Waals surface area contributed by atoms with Crippen LogP contribution in [-0.2, 0) is 9.53 Å². The van der Waals surface area contributed by atoms with Gasteiger partial charge in [0.1, 0.15) is 5.60 Å². The van der Waals surface area contributed by atoms with Gasteiger partial charge in [-0.2, -0.15) is 0 Å². The molecule has 0 aromatic rings. The molecule has 0 heterocycles. The van der Waals surface area contributed by atoms with Gasteiger partial charge in [-0.3, -0.25) is 4.79 Å². The van der Waals surface area contributed by atoms with Crippen molar-refractivity contribution < 1.29 is 9.53 Å². The van der Waals surface area contributed by atoms with Crippen LogP contribution >= 0.6 is 0 Å². The van der Waals surface area contributed by atoms with E-state index < -0.39 is 5.60 Å². The van der Waals surface area contributed by atoms with Crippen molar-refractivity contribution in [2.75, 3.05) is 0 Å². The second-order valence-electron chi connectivity index (χ2n) is 3.37. The van der Waals surface area contributed by atoms with Gasteiger partial charge in [0, 0.05) is 0 Å². The molecular formula is C11H18O2. The summed E-state index contributed by atoms with van der Waals surface area (Å²) in [6.45, 7) is 6.19. The van der Waals surface area contributed by atoms with Crippen LogP contribution < -0.4 is 0 Å². The lowest BCUT2D eigenvalue weighted by molar-refractivity contribution is -0.136. The largest absolute Gasteiger partial charge is 0.458 e. The predicted octanol–water partition coefficient (Wildman–Crippen LogP) is 2.85. The molecule has 0 aliphatic carbocycles. The number of hydrogen-bond donors (Lipinski definition) is 0. The highest BCUT2D eigenvalue weighted by molar-refractivity contribution is 5.38. The molecule has 2 heteroatoms. The highest BCUT2D eigenvalue weighted by Gasteiger charge is 2.12. The maximum atomic E-state index is 10.1. The molecule has 74 valence electrons. The lowest BCUT2D eigenvalue weighted by atomic mass is 10.1. The second-order valence-corrected chi connectivity index (χ2v) is 3.37. The summed E-state index contributed by atoms with van der Waals surface area (Å²) >= 11 is 0. The molecule has 0 bridgehead atoms.